The van der Waals surface area contributed by atoms with Crippen LogP contribution in [0.3, 0.4) is 0 Å². The summed E-state index contributed by atoms with van der Waals surface area (Å²) in [5.74, 6) is 0.0515. The highest BCUT2D eigenvalue weighted by Crippen LogP contribution is 2.24. The Kier molecular flexibility index (Phi) is 3.98. The van der Waals surface area contributed by atoms with Crippen LogP contribution in [0.4, 0.5) is 11.5 Å². The number of anilines is 1. The fourth-order valence-corrected chi connectivity index (χ4v) is 1.82. The first-order valence-corrected chi connectivity index (χ1v) is 5.89. The highest BCUT2D eigenvalue weighted by molar-refractivity contribution is 6.31. The smallest absolute Gasteiger partial charge is 0.199 e. The van der Waals surface area contributed by atoms with Crippen LogP contribution in [0.1, 0.15) is 18.2 Å². The van der Waals surface area contributed by atoms with Crippen LogP contribution in [0.15, 0.2) is 27.8 Å². The molecule has 0 aliphatic carbocycles. The largest absolute Gasteiger partial charge is 0.379 e. The second-order valence-electron chi connectivity index (χ2n) is 3.70. The van der Waals surface area contributed by atoms with Crippen molar-refractivity contribution in [3.05, 3.63) is 34.5 Å². The van der Waals surface area contributed by atoms with Crippen molar-refractivity contribution in [1.82, 2.24) is 15.8 Å². The number of nitrogens with two attached hydrogens (primary N) is 1. The van der Waals surface area contributed by atoms with Gasteiger partial charge in [0.15, 0.2) is 17.3 Å². The molecule has 0 saturated heterocycles. The van der Waals surface area contributed by atoms with Gasteiger partial charge in [0.1, 0.15) is 0 Å². The first-order chi connectivity index (χ1) is 9.15. The second kappa shape index (κ2) is 5.68. The van der Waals surface area contributed by atoms with E-state index in [9.17, 15) is 0 Å². The minimum Gasteiger partial charge on any atom is -0.379 e. The number of nitrogen functional groups attached to an aromatic ring is 1. The summed E-state index contributed by atoms with van der Waals surface area (Å²) in [7, 11) is 0. The van der Waals surface area contributed by atoms with E-state index in [1.807, 2.05) is 18.5 Å². The lowest BCUT2D eigenvalue weighted by Crippen LogP contribution is -2.21. The molecule has 0 aliphatic heterocycles. The normalized spacial score (nSPS) is 11.6. The molecule has 0 atom stereocenters. The van der Waals surface area contributed by atoms with Gasteiger partial charge in [0.25, 0.3) is 0 Å². The number of nitrogens with zero attached hydrogens (tertiary/aromatic N) is 3. The number of hydrogen-bond acceptors (Lipinski definition) is 6. The molecule has 2 rings (SSSR count). The second-order valence-corrected chi connectivity index (χ2v) is 4.11. The number of hydroxylamine groups is 1. The maximum absolute atomic E-state index is 9.07. The van der Waals surface area contributed by atoms with Gasteiger partial charge in [-0.15, -0.1) is 0 Å². The molecule has 0 aliphatic rings. The quantitative estimate of drug-likeness (QED) is 0.450. The third kappa shape index (κ3) is 2.83. The highest BCUT2D eigenvalue weighted by atomic mass is 35.5. The lowest BCUT2D eigenvalue weighted by atomic mass is 10.1. The van der Waals surface area contributed by atoms with Crippen molar-refractivity contribution in [2.75, 3.05) is 5.73 Å². The molecule has 19 heavy (non-hydrogen) atoms. The van der Waals surface area contributed by atoms with Gasteiger partial charge in [0, 0.05) is 5.02 Å². The van der Waals surface area contributed by atoms with E-state index in [-0.39, 0.29) is 17.3 Å². The van der Waals surface area contributed by atoms with Gasteiger partial charge in [-0.25, -0.2) is 9.62 Å². The van der Waals surface area contributed by atoms with Crippen molar-refractivity contribution in [3.63, 3.8) is 0 Å². The van der Waals surface area contributed by atoms with Crippen molar-refractivity contribution in [1.29, 1.82) is 0 Å². The number of aromatic nitrogens is 2. The summed E-state index contributed by atoms with van der Waals surface area (Å²) in [4.78, 5) is 4.15. The third-order valence-electron chi connectivity index (χ3n) is 2.50. The Hall–Kier alpha value is -2.12. The van der Waals surface area contributed by atoms with E-state index in [1.165, 1.54) is 0 Å². The Labute approximate surface area is 114 Å². The van der Waals surface area contributed by atoms with Gasteiger partial charge in [-0.05, 0) is 34.4 Å². The molecule has 100 valence electrons. The predicted molar refractivity (Wildman–Crippen MR) is 70.7 cm³/mol. The van der Waals surface area contributed by atoms with Gasteiger partial charge >= 0.3 is 0 Å². The average molecular weight is 282 g/mol. The van der Waals surface area contributed by atoms with E-state index < -0.39 is 0 Å². The van der Waals surface area contributed by atoms with E-state index in [2.05, 4.69) is 19.9 Å². The van der Waals surface area contributed by atoms with Crippen LogP contribution in [0, 0.1) is 0 Å². The van der Waals surface area contributed by atoms with Crippen molar-refractivity contribution >= 4 is 28.9 Å². The van der Waals surface area contributed by atoms with Gasteiger partial charge in [0.2, 0.25) is 0 Å². The van der Waals surface area contributed by atoms with Crippen LogP contribution in [-0.4, -0.2) is 21.4 Å². The molecule has 1 heterocycles. The first-order valence-electron chi connectivity index (χ1n) is 5.51. The number of aliphatic imine (C=N–C) groups is 1. The first kappa shape index (κ1) is 13.3. The minimum absolute atomic E-state index is 0.0246. The Morgan fingerprint density at radius 1 is 1.53 bits per heavy atom. The van der Waals surface area contributed by atoms with E-state index >= 15 is 0 Å². The molecule has 0 radical (unpaired) electrons. The number of halogens is 1. The van der Waals surface area contributed by atoms with Gasteiger partial charge < -0.3 is 5.73 Å². The Morgan fingerprint density at radius 3 is 2.84 bits per heavy atom. The van der Waals surface area contributed by atoms with Gasteiger partial charge in [-0.2, -0.15) is 0 Å². The van der Waals surface area contributed by atoms with Crippen LogP contribution in [-0.2, 0) is 6.42 Å². The van der Waals surface area contributed by atoms with Crippen molar-refractivity contribution in [3.8, 4) is 0 Å². The Balaban J connectivity index is 2.38. The molecule has 0 unspecified atom stereocenters. The summed E-state index contributed by atoms with van der Waals surface area (Å²) in [6.07, 6.45) is 0.827. The zero-order valence-electron chi connectivity index (χ0n) is 10.1. The molecular weight excluding hydrogens is 270 g/mol. The number of amidine groups is 1. The van der Waals surface area contributed by atoms with E-state index in [0.717, 1.165) is 12.0 Å². The van der Waals surface area contributed by atoms with E-state index in [4.69, 9.17) is 22.5 Å². The molecule has 0 spiro atoms. The SMILES string of the molecule is CCc1ccc(N=C(NO)c2nonc2N)cc1Cl. The Morgan fingerprint density at radius 2 is 2.32 bits per heavy atom. The zero-order chi connectivity index (χ0) is 13.8. The summed E-state index contributed by atoms with van der Waals surface area (Å²) < 4.78 is 4.44. The van der Waals surface area contributed by atoms with Gasteiger partial charge in [0.05, 0.1) is 5.69 Å². The standard InChI is InChI=1S/C11H12ClN5O2/c1-2-6-3-4-7(5-8(6)12)14-11(15-18)9-10(13)17-19-16-9/h3-5,18H,2H2,1H3,(H2,13,17)(H,14,15). The number of nitrogens with one attached hydrogen (secondary N) is 1. The Bertz CT molecular complexity index is 611. The fraction of sp³-hybridized carbons (Fsp3) is 0.182. The average Bonchev–Trinajstić information content (AvgIpc) is 2.82. The number of hydrogen-bond donors (Lipinski definition) is 3. The zero-order valence-corrected chi connectivity index (χ0v) is 10.8. The number of benzene rings is 1. The van der Waals surface area contributed by atoms with Crippen molar-refractivity contribution in [2.24, 2.45) is 4.99 Å². The number of aryl methyl sites for hydroxylation is 1. The molecule has 4 N–H and O–H groups in total. The summed E-state index contributed by atoms with van der Waals surface area (Å²) >= 11 is 6.09. The molecule has 0 amide bonds. The van der Waals surface area contributed by atoms with E-state index in [0.29, 0.717) is 10.7 Å². The highest BCUT2D eigenvalue weighted by Gasteiger charge is 2.13. The van der Waals surface area contributed by atoms with Gasteiger partial charge in [-0.3, -0.25) is 10.7 Å². The lowest BCUT2D eigenvalue weighted by Gasteiger charge is -2.04. The molecule has 1 aromatic carbocycles. The van der Waals surface area contributed by atoms with Crippen molar-refractivity contribution in [2.45, 2.75) is 13.3 Å². The summed E-state index contributed by atoms with van der Waals surface area (Å²) in [5.41, 5.74) is 9.11. The maximum Gasteiger partial charge on any atom is 0.199 e. The third-order valence-corrected chi connectivity index (χ3v) is 2.85. The topological polar surface area (TPSA) is 110 Å². The van der Waals surface area contributed by atoms with Crippen LogP contribution < -0.4 is 11.2 Å². The summed E-state index contributed by atoms with van der Waals surface area (Å²) in [6.45, 7) is 2.01. The summed E-state index contributed by atoms with van der Waals surface area (Å²) in [5, 5.41) is 16.6. The molecular formula is C11H12ClN5O2. The van der Waals surface area contributed by atoms with Crippen LogP contribution in [0.25, 0.3) is 0 Å². The van der Waals surface area contributed by atoms with Crippen molar-refractivity contribution < 1.29 is 9.84 Å². The summed E-state index contributed by atoms with van der Waals surface area (Å²) in [6, 6.07) is 5.31. The fourth-order valence-electron chi connectivity index (χ4n) is 1.51. The van der Waals surface area contributed by atoms with Crippen LogP contribution in [0.5, 0.6) is 0 Å². The van der Waals surface area contributed by atoms with E-state index in [1.54, 1.807) is 12.1 Å². The number of rotatable bonds is 3. The predicted octanol–water partition coefficient (Wildman–Crippen LogP) is 1.92. The molecule has 1 aromatic heterocycles. The lowest BCUT2D eigenvalue weighted by molar-refractivity contribution is 0.234. The minimum atomic E-state index is 0.0246. The molecule has 7 nitrogen and oxygen atoms in total. The van der Waals surface area contributed by atoms with Gasteiger partial charge in [-0.1, -0.05) is 24.6 Å². The molecule has 2 aromatic rings. The van der Waals surface area contributed by atoms with Crippen LogP contribution >= 0.6 is 11.6 Å². The molecule has 8 heteroatoms. The molecule has 0 bridgehead atoms. The molecule has 0 saturated carbocycles. The monoisotopic (exact) mass is 281 g/mol. The molecule has 0 fully saturated rings. The van der Waals surface area contributed by atoms with Crippen LogP contribution in [0.2, 0.25) is 5.02 Å². The maximum atomic E-state index is 9.07.